The van der Waals surface area contributed by atoms with Crippen LogP contribution in [0.2, 0.25) is 0 Å². The zero-order chi connectivity index (χ0) is 14.9. The van der Waals surface area contributed by atoms with Gasteiger partial charge in [-0.2, -0.15) is 0 Å². The number of nitrogens with zero attached hydrogens (tertiary/aromatic N) is 5. The molecular formula is C15H24N6. The van der Waals surface area contributed by atoms with Crippen LogP contribution in [0.25, 0.3) is 5.65 Å². The summed E-state index contributed by atoms with van der Waals surface area (Å²) in [5.74, 6) is 1.70. The third kappa shape index (κ3) is 2.99. The van der Waals surface area contributed by atoms with Gasteiger partial charge in [-0.15, -0.1) is 14.8 Å². The van der Waals surface area contributed by atoms with E-state index in [-0.39, 0.29) is 0 Å². The van der Waals surface area contributed by atoms with E-state index in [0.29, 0.717) is 17.1 Å². The number of anilines is 1. The Hall–Kier alpha value is -1.72. The molecule has 21 heavy (non-hydrogen) atoms. The molecule has 0 bridgehead atoms. The number of nitrogens with one attached hydrogen (secondary N) is 1. The molecule has 2 aromatic rings. The van der Waals surface area contributed by atoms with Gasteiger partial charge in [-0.05, 0) is 59.6 Å². The lowest BCUT2D eigenvalue weighted by Gasteiger charge is -2.39. The lowest BCUT2D eigenvalue weighted by Crippen LogP contribution is -2.33. The third-order valence-electron chi connectivity index (χ3n) is 5.17. The first-order valence-electron chi connectivity index (χ1n) is 7.90. The average Bonchev–Trinajstić information content (AvgIpc) is 2.95. The van der Waals surface area contributed by atoms with Crippen molar-refractivity contribution in [3.8, 4) is 0 Å². The highest BCUT2D eigenvalue weighted by molar-refractivity contribution is 5.42. The molecule has 0 radical (unpaired) electrons. The van der Waals surface area contributed by atoms with Gasteiger partial charge in [-0.1, -0.05) is 27.2 Å². The fraction of sp³-hybridized carbons (Fsp3) is 0.733. The highest BCUT2D eigenvalue weighted by Crippen LogP contribution is 2.40. The second-order valence-electron chi connectivity index (χ2n) is 6.78. The Kier molecular flexibility index (Phi) is 3.78. The van der Waals surface area contributed by atoms with Gasteiger partial charge in [-0.25, -0.2) is 0 Å². The van der Waals surface area contributed by atoms with E-state index in [1.165, 1.54) is 36.7 Å². The van der Waals surface area contributed by atoms with Gasteiger partial charge in [0.05, 0.1) is 0 Å². The van der Waals surface area contributed by atoms with Crippen LogP contribution in [0.5, 0.6) is 0 Å². The van der Waals surface area contributed by atoms with E-state index in [1.807, 2.05) is 12.1 Å². The highest BCUT2D eigenvalue weighted by Gasteiger charge is 2.31. The summed E-state index contributed by atoms with van der Waals surface area (Å²) in [6.45, 7) is 7.10. The van der Waals surface area contributed by atoms with Crippen molar-refractivity contribution in [2.75, 3.05) is 5.32 Å². The van der Waals surface area contributed by atoms with Crippen molar-refractivity contribution in [2.45, 2.75) is 58.9 Å². The van der Waals surface area contributed by atoms with Crippen LogP contribution < -0.4 is 5.32 Å². The predicted molar refractivity (Wildman–Crippen MR) is 82.0 cm³/mol. The fourth-order valence-electron chi connectivity index (χ4n) is 3.24. The van der Waals surface area contributed by atoms with Crippen LogP contribution >= 0.6 is 0 Å². The molecule has 2 aromatic heterocycles. The molecule has 1 aliphatic carbocycles. The van der Waals surface area contributed by atoms with Crippen molar-refractivity contribution < 1.29 is 0 Å². The van der Waals surface area contributed by atoms with E-state index in [2.05, 4.69) is 46.7 Å². The molecule has 1 N–H and O–H groups in total. The van der Waals surface area contributed by atoms with Gasteiger partial charge in [0.1, 0.15) is 5.82 Å². The van der Waals surface area contributed by atoms with Crippen molar-refractivity contribution in [1.29, 1.82) is 0 Å². The monoisotopic (exact) mass is 288 g/mol. The van der Waals surface area contributed by atoms with E-state index >= 15 is 0 Å². The van der Waals surface area contributed by atoms with Crippen LogP contribution in [0, 0.1) is 11.3 Å². The quantitative estimate of drug-likeness (QED) is 0.937. The van der Waals surface area contributed by atoms with E-state index < -0.39 is 0 Å². The Balaban J connectivity index is 1.60. The summed E-state index contributed by atoms with van der Waals surface area (Å²) in [7, 11) is 0. The molecule has 0 aromatic carbocycles. The summed E-state index contributed by atoms with van der Waals surface area (Å²) in [5, 5.41) is 19.2. The number of hydrogen-bond donors (Lipinski definition) is 1. The molecule has 0 unspecified atom stereocenters. The molecule has 1 fully saturated rings. The zero-order valence-corrected chi connectivity index (χ0v) is 13.1. The number of hydrogen-bond acceptors (Lipinski definition) is 5. The molecule has 1 saturated carbocycles. The maximum absolute atomic E-state index is 4.38. The lowest BCUT2D eigenvalue weighted by molar-refractivity contribution is 0.147. The minimum absolute atomic E-state index is 0.467. The van der Waals surface area contributed by atoms with Crippen molar-refractivity contribution in [2.24, 2.45) is 11.3 Å². The normalized spacial score (nSPS) is 23.4. The second-order valence-corrected chi connectivity index (χ2v) is 6.78. The number of fused-ring (bicyclic) bond motifs is 1. The standard InChI is InChI=1S/C15H24N6/c1-4-15(2,3)11-5-7-12(8-6-11)16-13-9-10-14-17-19-20-21(14)18-13/h9-12H,4-8H2,1-3H3,(H,16,18). The Labute approximate surface area is 125 Å². The SMILES string of the molecule is CCC(C)(C)C1CCC(Nc2ccc3nnnn3n2)CC1. The maximum atomic E-state index is 4.38. The van der Waals surface area contributed by atoms with Crippen LogP contribution in [0.4, 0.5) is 5.82 Å². The van der Waals surface area contributed by atoms with Gasteiger partial charge in [0, 0.05) is 6.04 Å². The molecule has 3 rings (SSSR count). The summed E-state index contributed by atoms with van der Waals surface area (Å²) >= 11 is 0. The van der Waals surface area contributed by atoms with Crippen molar-refractivity contribution in [3.63, 3.8) is 0 Å². The average molecular weight is 288 g/mol. The smallest absolute Gasteiger partial charge is 0.200 e. The van der Waals surface area contributed by atoms with Crippen molar-refractivity contribution in [3.05, 3.63) is 12.1 Å². The first-order valence-corrected chi connectivity index (χ1v) is 7.90. The zero-order valence-electron chi connectivity index (χ0n) is 13.1. The summed E-state index contributed by atoms with van der Waals surface area (Å²) in [4.78, 5) is 0. The van der Waals surface area contributed by atoms with E-state index in [0.717, 1.165) is 11.7 Å². The molecule has 0 aliphatic heterocycles. The summed E-state index contributed by atoms with van der Waals surface area (Å²) < 4.78 is 1.47. The van der Waals surface area contributed by atoms with Gasteiger partial charge in [0.2, 0.25) is 0 Å². The molecule has 0 spiro atoms. The third-order valence-corrected chi connectivity index (χ3v) is 5.17. The molecule has 0 amide bonds. The molecule has 6 heteroatoms. The molecule has 0 atom stereocenters. The van der Waals surface area contributed by atoms with Gasteiger partial charge in [0.25, 0.3) is 0 Å². The number of aromatic nitrogens is 5. The molecular weight excluding hydrogens is 264 g/mol. The minimum atomic E-state index is 0.467. The van der Waals surface area contributed by atoms with Crippen LogP contribution in [0.15, 0.2) is 12.1 Å². The topological polar surface area (TPSA) is 68.0 Å². The number of rotatable bonds is 4. The highest BCUT2D eigenvalue weighted by atomic mass is 15.6. The van der Waals surface area contributed by atoms with Crippen LogP contribution in [0.1, 0.15) is 52.9 Å². The Morgan fingerprint density at radius 1 is 1.24 bits per heavy atom. The largest absolute Gasteiger partial charge is 0.366 e. The summed E-state index contributed by atoms with van der Waals surface area (Å²) in [6, 6.07) is 4.35. The van der Waals surface area contributed by atoms with E-state index in [1.54, 1.807) is 0 Å². The molecule has 114 valence electrons. The van der Waals surface area contributed by atoms with Gasteiger partial charge >= 0.3 is 0 Å². The molecule has 2 heterocycles. The summed E-state index contributed by atoms with van der Waals surface area (Å²) in [6.07, 6.45) is 6.28. The first-order chi connectivity index (χ1) is 10.1. The Morgan fingerprint density at radius 3 is 2.71 bits per heavy atom. The van der Waals surface area contributed by atoms with Crippen molar-refractivity contribution in [1.82, 2.24) is 25.3 Å². The van der Waals surface area contributed by atoms with E-state index in [4.69, 9.17) is 0 Å². The van der Waals surface area contributed by atoms with Crippen LogP contribution in [-0.4, -0.2) is 31.3 Å². The molecule has 6 nitrogen and oxygen atoms in total. The summed E-state index contributed by atoms with van der Waals surface area (Å²) in [5.41, 5.74) is 1.14. The van der Waals surface area contributed by atoms with Crippen LogP contribution in [0.3, 0.4) is 0 Å². The van der Waals surface area contributed by atoms with E-state index in [9.17, 15) is 0 Å². The van der Waals surface area contributed by atoms with Crippen LogP contribution in [-0.2, 0) is 0 Å². The first kappa shape index (κ1) is 14.2. The second kappa shape index (κ2) is 5.58. The Morgan fingerprint density at radius 2 is 2.00 bits per heavy atom. The molecule has 1 aliphatic rings. The van der Waals surface area contributed by atoms with Gasteiger partial charge < -0.3 is 5.32 Å². The Bertz CT molecular complexity index is 597. The van der Waals surface area contributed by atoms with Crippen molar-refractivity contribution >= 4 is 11.5 Å². The van der Waals surface area contributed by atoms with Gasteiger partial charge in [0.15, 0.2) is 5.65 Å². The lowest BCUT2D eigenvalue weighted by atomic mass is 9.69. The number of tetrazole rings is 1. The minimum Gasteiger partial charge on any atom is -0.366 e. The maximum Gasteiger partial charge on any atom is 0.200 e. The predicted octanol–water partition coefficient (Wildman–Crippen LogP) is 2.93. The van der Waals surface area contributed by atoms with Gasteiger partial charge in [-0.3, -0.25) is 0 Å². The molecule has 0 saturated heterocycles. The fourth-order valence-corrected chi connectivity index (χ4v) is 3.24.